The third-order valence-corrected chi connectivity index (χ3v) is 3.82. The molecule has 0 saturated heterocycles. The molecule has 114 valence electrons. The summed E-state index contributed by atoms with van der Waals surface area (Å²) in [7, 11) is 3.77. The maximum Gasteiger partial charge on any atom is 0.123 e. The monoisotopic (exact) mass is 278 g/mol. The molecule has 1 rings (SSSR count). The van der Waals surface area contributed by atoms with Gasteiger partial charge in [0.25, 0.3) is 0 Å². The molecule has 1 atom stereocenters. The average molecular weight is 278 g/mol. The molecule has 0 spiro atoms. The second-order valence-electron chi connectivity index (χ2n) is 5.33. The topological polar surface area (TPSA) is 24.5 Å². The third-order valence-electron chi connectivity index (χ3n) is 3.82. The van der Waals surface area contributed by atoms with E-state index in [1.165, 1.54) is 30.5 Å². The van der Waals surface area contributed by atoms with Gasteiger partial charge in [0.1, 0.15) is 5.75 Å². The van der Waals surface area contributed by atoms with E-state index in [1.807, 2.05) is 7.05 Å². The van der Waals surface area contributed by atoms with Crippen LogP contribution in [0.4, 0.5) is 0 Å². The van der Waals surface area contributed by atoms with E-state index < -0.39 is 0 Å². The standard InChI is InChI=1S/C17H30N2O/c1-6-8-11-19(7-2)13-16(18-4)15-12-14(3)9-10-17(15)20-5/h9-10,12,16,18H,6-8,11,13H2,1-5H3. The Morgan fingerprint density at radius 2 is 2.05 bits per heavy atom. The Hall–Kier alpha value is -1.06. The van der Waals surface area contributed by atoms with Crippen LogP contribution in [0.1, 0.15) is 43.9 Å². The number of rotatable bonds is 9. The van der Waals surface area contributed by atoms with Gasteiger partial charge in [0.15, 0.2) is 0 Å². The van der Waals surface area contributed by atoms with E-state index in [4.69, 9.17) is 4.74 Å². The fourth-order valence-corrected chi connectivity index (χ4v) is 2.49. The maximum atomic E-state index is 5.52. The number of ether oxygens (including phenoxy) is 1. The first kappa shape index (κ1) is 17.0. The zero-order chi connectivity index (χ0) is 15.0. The minimum absolute atomic E-state index is 0.307. The van der Waals surface area contributed by atoms with Crippen molar-refractivity contribution in [2.24, 2.45) is 0 Å². The summed E-state index contributed by atoms with van der Waals surface area (Å²) in [5.74, 6) is 0.974. The predicted molar refractivity (Wildman–Crippen MR) is 86.6 cm³/mol. The van der Waals surface area contributed by atoms with E-state index in [0.29, 0.717) is 6.04 Å². The van der Waals surface area contributed by atoms with Crippen molar-refractivity contribution in [1.82, 2.24) is 10.2 Å². The quantitative estimate of drug-likeness (QED) is 0.749. The smallest absolute Gasteiger partial charge is 0.123 e. The largest absolute Gasteiger partial charge is 0.496 e. The van der Waals surface area contributed by atoms with Crippen LogP contribution in [-0.2, 0) is 0 Å². The highest BCUT2D eigenvalue weighted by Crippen LogP contribution is 2.26. The molecule has 0 radical (unpaired) electrons. The van der Waals surface area contributed by atoms with Crippen LogP contribution in [0.2, 0.25) is 0 Å². The zero-order valence-electron chi connectivity index (χ0n) is 13.7. The summed E-state index contributed by atoms with van der Waals surface area (Å²) in [5, 5.41) is 3.44. The van der Waals surface area contributed by atoms with Gasteiger partial charge in [0.2, 0.25) is 0 Å². The first-order valence-corrected chi connectivity index (χ1v) is 7.70. The fraction of sp³-hybridized carbons (Fsp3) is 0.647. The summed E-state index contributed by atoms with van der Waals surface area (Å²) in [6.07, 6.45) is 2.50. The van der Waals surface area contributed by atoms with E-state index in [2.05, 4.69) is 49.2 Å². The van der Waals surface area contributed by atoms with Crippen molar-refractivity contribution in [3.8, 4) is 5.75 Å². The summed E-state index contributed by atoms with van der Waals surface area (Å²) in [6, 6.07) is 6.70. The van der Waals surface area contributed by atoms with E-state index in [-0.39, 0.29) is 0 Å². The molecule has 0 heterocycles. The lowest BCUT2D eigenvalue weighted by Gasteiger charge is -2.27. The fourth-order valence-electron chi connectivity index (χ4n) is 2.49. The van der Waals surface area contributed by atoms with Gasteiger partial charge in [-0.3, -0.25) is 0 Å². The van der Waals surface area contributed by atoms with Crippen LogP contribution >= 0.6 is 0 Å². The molecule has 1 aromatic rings. The van der Waals surface area contributed by atoms with Gasteiger partial charge in [-0.05, 0) is 39.5 Å². The summed E-state index contributed by atoms with van der Waals surface area (Å²) in [6.45, 7) is 9.88. The minimum atomic E-state index is 0.307. The Labute approximate surface area is 124 Å². The predicted octanol–water partition coefficient (Wildman–Crippen LogP) is 3.39. The van der Waals surface area contributed by atoms with Crippen LogP contribution in [0.5, 0.6) is 5.75 Å². The maximum absolute atomic E-state index is 5.52. The van der Waals surface area contributed by atoms with Crippen LogP contribution in [0.25, 0.3) is 0 Å². The molecule has 3 heteroatoms. The van der Waals surface area contributed by atoms with Gasteiger partial charge in [-0.2, -0.15) is 0 Å². The number of nitrogens with one attached hydrogen (secondary N) is 1. The molecule has 0 amide bonds. The number of aryl methyl sites for hydroxylation is 1. The molecule has 0 bridgehead atoms. The summed E-state index contributed by atoms with van der Waals surface area (Å²) < 4.78 is 5.52. The second kappa shape index (κ2) is 8.98. The van der Waals surface area contributed by atoms with Crippen molar-refractivity contribution in [2.75, 3.05) is 33.8 Å². The van der Waals surface area contributed by atoms with Crippen LogP contribution in [0, 0.1) is 6.92 Å². The molecule has 0 aromatic heterocycles. The van der Waals surface area contributed by atoms with Crippen LogP contribution in [0.15, 0.2) is 18.2 Å². The first-order chi connectivity index (χ1) is 9.65. The van der Waals surface area contributed by atoms with Crippen molar-refractivity contribution in [3.05, 3.63) is 29.3 Å². The Kier molecular flexibility index (Phi) is 7.63. The molecule has 20 heavy (non-hydrogen) atoms. The lowest BCUT2D eigenvalue weighted by atomic mass is 10.0. The van der Waals surface area contributed by atoms with Crippen LogP contribution in [-0.4, -0.2) is 38.7 Å². The Bertz CT molecular complexity index is 393. The second-order valence-corrected chi connectivity index (χ2v) is 5.33. The number of benzene rings is 1. The normalized spacial score (nSPS) is 12.7. The van der Waals surface area contributed by atoms with E-state index in [1.54, 1.807) is 7.11 Å². The van der Waals surface area contributed by atoms with E-state index in [9.17, 15) is 0 Å². The van der Waals surface area contributed by atoms with Gasteiger partial charge in [-0.15, -0.1) is 0 Å². The number of nitrogens with zero attached hydrogens (tertiary/aromatic N) is 1. The zero-order valence-corrected chi connectivity index (χ0v) is 13.7. The molecule has 3 nitrogen and oxygen atoms in total. The Morgan fingerprint density at radius 1 is 1.30 bits per heavy atom. The SMILES string of the molecule is CCCCN(CC)CC(NC)c1cc(C)ccc1OC. The molecule has 1 aromatic carbocycles. The number of hydrogen-bond donors (Lipinski definition) is 1. The third kappa shape index (κ3) is 4.80. The Balaban J connectivity index is 2.86. The molecule has 1 unspecified atom stereocenters. The highest BCUT2D eigenvalue weighted by Gasteiger charge is 2.17. The Morgan fingerprint density at radius 3 is 2.60 bits per heavy atom. The van der Waals surface area contributed by atoms with Crippen molar-refractivity contribution < 1.29 is 4.74 Å². The molecule has 0 fully saturated rings. The molecule has 0 aliphatic heterocycles. The number of unbranched alkanes of at least 4 members (excludes halogenated alkanes) is 1. The number of methoxy groups -OCH3 is 1. The van der Waals surface area contributed by atoms with Crippen molar-refractivity contribution in [1.29, 1.82) is 0 Å². The van der Waals surface area contributed by atoms with Gasteiger partial charge >= 0.3 is 0 Å². The van der Waals surface area contributed by atoms with Crippen molar-refractivity contribution in [2.45, 2.75) is 39.7 Å². The highest BCUT2D eigenvalue weighted by atomic mass is 16.5. The van der Waals surface area contributed by atoms with Gasteiger partial charge in [-0.1, -0.05) is 38.0 Å². The molecular formula is C17H30N2O. The lowest BCUT2D eigenvalue weighted by molar-refractivity contribution is 0.252. The number of likely N-dealkylation sites (N-methyl/N-ethyl adjacent to an activating group) is 2. The number of hydrogen-bond acceptors (Lipinski definition) is 3. The van der Waals surface area contributed by atoms with Crippen LogP contribution in [0.3, 0.4) is 0 Å². The van der Waals surface area contributed by atoms with Gasteiger partial charge < -0.3 is 15.0 Å². The van der Waals surface area contributed by atoms with E-state index >= 15 is 0 Å². The van der Waals surface area contributed by atoms with Crippen molar-refractivity contribution >= 4 is 0 Å². The van der Waals surface area contributed by atoms with Crippen LogP contribution < -0.4 is 10.1 Å². The van der Waals surface area contributed by atoms with Gasteiger partial charge in [0.05, 0.1) is 7.11 Å². The van der Waals surface area contributed by atoms with Gasteiger partial charge in [-0.25, -0.2) is 0 Å². The lowest BCUT2D eigenvalue weighted by Crippen LogP contribution is -2.34. The minimum Gasteiger partial charge on any atom is -0.496 e. The summed E-state index contributed by atoms with van der Waals surface area (Å²) in [5.41, 5.74) is 2.53. The molecule has 0 saturated carbocycles. The molecule has 1 N–H and O–H groups in total. The van der Waals surface area contributed by atoms with Crippen molar-refractivity contribution in [3.63, 3.8) is 0 Å². The molecule has 0 aliphatic rings. The first-order valence-electron chi connectivity index (χ1n) is 7.70. The highest BCUT2D eigenvalue weighted by molar-refractivity contribution is 5.39. The molecule has 0 aliphatic carbocycles. The molecular weight excluding hydrogens is 248 g/mol. The van der Waals surface area contributed by atoms with Gasteiger partial charge in [0, 0.05) is 18.2 Å². The summed E-state index contributed by atoms with van der Waals surface area (Å²) >= 11 is 0. The van der Waals surface area contributed by atoms with E-state index in [0.717, 1.165) is 18.8 Å². The average Bonchev–Trinajstić information content (AvgIpc) is 2.47. The summed E-state index contributed by atoms with van der Waals surface area (Å²) in [4.78, 5) is 2.51.